The molecule has 4 nitrogen and oxygen atoms in total. The van der Waals surface area contributed by atoms with E-state index in [-0.39, 0.29) is 0 Å². The summed E-state index contributed by atoms with van der Waals surface area (Å²) in [4.78, 5) is 4.33. The number of unbranched alkanes of at least 4 members (excludes halogenated alkanes) is 5. The number of hydrogen-bond acceptors (Lipinski definition) is 3. The molecule has 0 amide bonds. The van der Waals surface area contributed by atoms with Crippen molar-refractivity contribution in [3.63, 3.8) is 0 Å². The molecule has 1 heterocycles. The van der Waals surface area contributed by atoms with E-state index < -0.39 is 0 Å². The molecule has 2 rings (SSSR count). The van der Waals surface area contributed by atoms with Crippen LogP contribution in [0.3, 0.4) is 0 Å². The molecule has 0 aliphatic heterocycles. The SMILES string of the molecule is CCCCCCCCn1cnc(CNC2CC2)n1. The number of nitrogens with one attached hydrogen (secondary N) is 1. The molecule has 0 saturated heterocycles. The van der Waals surface area contributed by atoms with Crippen LogP contribution >= 0.6 is 0 Å². The summed E-state index contributed by atoms with van der Waals surface area (Å²) in [5.41, 5.74) is 0. The molecular formula is C14H26N4. The molecule has 1 aliphatic rings. The molecule has 4 heteroatoms. The lowest BCUT2D eigenvalue weighted by molar-refractivity contribution is 0.521. The zero-order chi connectivity index (χ0) is 12.6. The number of aryl methyl sites for hydroxylation is 1. The second-order valence-corrected chi connectivity index (χ2v) is 5.35. The second kappa shape index (κ2) is 7.52. The highest BCUT2D eigenvalue weighted by Gasteiger charge is 2.20. The van der Waals surface area contributed by atoms with Gasteiger partial charge >= 0.3 is 0 Å². The van der Waals surface area contributed by atoms with E-state index >= 15 is 0 Å². The molecule has 0 unspecified atom stereocenters. The van der Waals surface area contributed by atoms with Crippen molar-refractivity contribution in [3.05, 3.63) is 12.2 Å². The van der Waals surface area contributed by atoms with Crippen LogP contribution < -0.4 is 5.32 Å². The van der Waals surface area contributed by atoms with Crippen LogP contribution in [-0.4, -0.2) is 20.8 Å². The Morgan fingerprint density at radius 2 is 2.00 bits per heavy atom. The van der Waals surface area contributed by atoms with Gasteiger partial charge in [0, 0.05) is 12.6 Å². The van der Waals surface area contributed by atoms with Gasteiger partial charge in [-0.05, 0) is 19.3 Å². The van der Waals surface area contributed by atoms with Crippen molar-refractivity contribution in [2.24, 2.45) is 0 Å². The predicted molar refractivity (Wildman–Crippen MR) is 73.3 cm³/mol. The highest BCUT2D eigenvalue weighted by atomic mass is 15.3. The fourth-order valence-electron chi connectivity index (χ4n) is 2.10. The largest absolute Gasteiger partial charge is 0.307 e. The minimum absolute atomic E-state index is 0.732. The smallest absolute Gasteiger partial charge is 0.164 e. The lowest BCUT2D eigenvalue weighted by Crippen LogP contribution is -2.16. The van der Waals surface area contributed by atoms with E-state index in [4.69, 9.17) is 0 Å². The van der Waals surface area contributed by atoms with Gasteiger partial charge in [0.1, 0.15) is 6.33 Å². The molecule has 102 valence electrons. The Bertz CT molecular complexity index is 330. The molecule has 1 saturated carbocycles. The van der Waals surface area contributed by atoms with Crippen LogP contribution in [0.25, 0.3) is 0 Å². The highest BCUT2D eigenvalue weighted by molar-refractivity contribution is 4.86. The predicted octanol–water partition coefficient (Wildman–Crippen LogP) is 2.89. The first kappa shape index (κ1) is 13.5. The first-order valence-corrected chi connectivity index (χ1v) is 7.50. The number of aromatic nitrogens is 3. The van der Waals surface area contributed by atoms with Crippen LogP contribution in [-0.2, 0) is 13.1 Å². The summed E-state index contributed by atoms with van der Waals surface area (Å²) >= 11 is 0. The van der Waals surface area contributed by atoms with Crippen molar-refractivity contribution in [1.29, 1.82) is 0 Å². The van der Waals surface area contributed by atoms with Gasteiger partial charge in [0.15, 0.2) is 5.82 Å². The molecular weight excluding hydrogens is 224 g/mol. The van der Waals surface area contributed by atoms with Gasteiger partial charge in [-0.1, -0.05) is 39.0 Å². The maximum Gasteiger partial charge on any atom is 0.164 e. The Labute approximate surface area is 110 Å². The van der Waals surface area contributed by atoms with E-state index in [1.165, 1.54) is 51.4 Å². The molecule has 1 aliphatic carbocycles. The number of rotatable bonds is 10. The molecule has 1 aromatic heterocycles. The van der Waals surface area contributed by atoms with Gasteiger partial charge in [0.05, 0.1) is 6.54 Å². The molecule has 1 fully saturated rings. The van der Waals surface area contributed by atoms with Crippen LogP contribution in [0.5, 0.6) is 0 Å². The summed E-state index contributed by atoms with van der Waals surface area (Å²) in [6, 6.07) is 0.732. The van der Waals surface area contributed by atoms with Gasteiger partial charge in [-0.2, -0.15) is 5.10 Å². The zero-order valence-corrected chi connectivity index (χ0v) is 11.6. The minimum Gasteiger partial charge on any atom is -0.307 e. The van der Waals surface area contributed by atoms with Crippen LogP contribution in [0.1, 0.15) is 64.1 Å². The van der Waals surface area contributed by atoms with Crippen molar-refractivity contribution in [1.82, 2.24) is 20.1 Å². The van der Waals surface area contributed by atoms with E-state index in [9.17, 15) is 0 Å². The normalized spacial score (nSPS) is 15.2. The van der Waals surface area contributed by atoms with Crippen LogP contribution in [0, 0.1) is 0 Å². The van der Waals surface area contributed by atoms with Crippen LogP contribution in [0.4, 0.5) is 0 Å². The second-order valence-electron chi connectivity index (χ2n) is 5.35. The first-order chi connectivity index (χ1) is 8.88. The summed E-state index contributed by atoms with van der Waals surface area (Å²) in [6.07, 6.45) is 12.5. The highest BCUT2D eigenvalue weighted by Crippen LogP contribution is 2.18. The third-order valence-electron chi connectivity index (χ3n) is 3.45. The summed E-state index contributed by atoms with van der Waals surface area (Å²) in [6.45, 7) is 4.10. The third kappa shape index (κ3) is 5.17. The number of nitrogens with zero attached hydrogens (tertiary/aromatic N) is 3. The monoisotopic (exact) mass is 250 g/mol. The van der Waals surface area contributed by atoms with E-state index in [1.807, 2.05) is 11.0 Å². The van der Waals surface area contributed by atoms with E-state index in [2.05, 4.69) is 22.3 Å². The Morgan fingerprint density at radius 1 is 1.22 bits per heavy atom. The van der Waals surface area contributed by atoms with Crippen LogP contribution in [0.15, 0.2) is 6.33 Å². The molecule has 0 aromatic carbocycles. The summed E-state index contributed by atoms with van der Waals surface area (Å²) in [5.74, 6) is 0.938. The first-order valence-electron chi connectivity index (χ1n) is 7.50. The Balaban J connectivity index is 1.54. The van der Waals surface area contributed by atoms with Crippen molar-refractivity contribution in [3.8, 4) is 0 Å². The van der Waals surface area contributed by atoms with Crippen molar-refractivity contribution < 1.29 is 0 Å². The molecule has 0 radical (unpaired) electrons. The third-order valence-corrected chi connectivity index (χ3v) is 3.45. The maximum absolute atomic E-state index is 4.49. The molecule has 18 heavy (non-hydrogen) atoms. The molecule has 1 aromatic rings. The minimum atomic E-state index is 0.732. The van der Waals surface area contributed by atoms with Crippen molar-refractivity contribution >= 4 is 0 Å². The topological polar surface area (TPSA) is 42.7 Å². The van der Waals surface area contributed by atoms with Gasteiger partial charge < -0.3 is 5.32 Å². The van der Waals surface area contributed by atoms with Gasteiger partial charge in [-0.15, -0.1) is 0 Å². The van der Waals surface area contributed by atoms with Gasteiger partial charge in [-0.25, -0.2) is 4.98 Å². The Morgan fingerprint density at radius 3 is 2.78 bits per heavy atom. The van der Waals surface area contributed by atoms with E-state index in [0.717, 1.165) is 25.0 Å². The Hall–Kier alpha value is -0.900. The van der Waals surface area contributed by atoms with Crippen molar-refractivity contribution in [2.45, 2.75) is 77.4 Å². The summed E-state index contributed by atoms with van der Waals surface area (Å²) < 4.78 is 1.99. The average Bonchev–Trinajstić information content (AvgIpc) is 3.11. The average molecular weight is 250 g/mol. The van der Waals surface area contributed by atoms with Crippen molar-refractivity contribution in [2.75, 3.05) is 0 Å². The molecule has 0 spiro atoms. The maximum atomic E-state index is 4.49. The lowest BCUT2D eigenvalue weighted by Gasteiger charge is -2.01. The lowest BCUT2D eigenvalue weighted by atomic mass is 10.1. The summed E-state index contributed by atoms with van der Waals surface area (Å²) in [7, 11) is 0. The van der Waals surface area contributed by atoms with E-state index in [1.54, 1.807) is 0 Å². The summed E-state index contributed by atoms with van der Waals surface area (Å²) in [5, 5.41) is 7.93. The zero-order valence-electron chi connectivity index (χ0n) is 11.6. The van der Waals surface area contributed by atoms with E-state index in [0.29, 0.717) is 0 Å². The molecule has 1 N–H and O–H groups in total. The quantitative estimate of drug-likeness (QED) is 0.649. The van der Waals surface area contributed by atoms with Gasteiger partial charge in [0.25, 0.3) is 0 Å². The fourth-order valence-corrected chi connectivity index (χ4v) is 2.10. The number of hydrogen-bond donors (Lipinski definition) is 1. The Kier molecular flexibility index (Phi) is 5.65. The van der Waals surface area contributed by atoms with Gasteiger partial charge in [0.2, 0.25) is 0 Å². The molecule has 0 bridgehead atoms. The molecule has 0 atom stereocenters. The standard InChI is InChI=1S/C14H26N4/c1-2-3-4-5-6-7-10-18-12-16-14(17-18)11-15-13-8-9-13/h12-13,15H,2-11H2,1H3. The van der Waals surface area contributed by atoms with Gasteiger partial charge in [-0.3, -0.25) is 4.68 Å². The fraction of sp³-hybridized carbons (Fsp3) is 0.857. The van der Waals surface area contributed by atoms with Crippen LogP contribution in [0.2, 0.25) is 0 Å².